The Morgan fingerprint density at radius 1 is 1.03 bits per heavy atom. The summed E-state index contributed by atoms with van der Waals surface area (Å²) in [6, 6.07) is 13.5. The summed E-state index contributed by atoms with van der Waals surface area (Å²) >= 11 is 1.25. The van der Waals surface area contributed by atoms with Gasteiger partial charge in [0.05, 0.1) is 7.11 Å². The molecule has 9 nitrogen and oxygen atoms in total. The number of rotatable bonds is 8. The standard InChI is InChI=1S/C21H19FN6O3S/c1-3-28-18(13-4-8-15(22)9-5-13)24-27-21(28)31-12-17(29)23-20-26-25-19(32-20)14-6-10-16(30-2)11-7-14/h4-11H,3,12H2,1-2H3,(H,23,26,29). The number of anilines is 1. The van der Waals surface area contributed by atoms with Crippen molar-refractivity contribution >= 4 is 22.4 Å². The van der Waals surface area contributed by atoms with E-state index in [1.165, 1.54) is 23.5 Å². The van der Waals surface area contributed by atoms with Gasteiger partial charge in [0.2, 0.25) is 5.13 Å². The molecule has 0 atom stereocenters. The van der Waals surface area contributed by atoms with Gasteiger partial charge in [-0.15, -0.1) is 15.3 Å². The van der Waals surface area contributed by atoms with Crippen molar-refractivity contribution in [3.8, 4) is 33.7 Å². The highest BCUT2D eigenvalue weighted by molar-refractivity contribution is 7.18. The van der Waals surface area contributed by atoms with E-state index in [0.717, 1.165) is 11.3 Å². The summed E-state index contributed by atoms with van der Waals surface area (Å²) in [5.74, 6) is 0.523. The maximum absolute atomic E-state index is 13.2. The Balaban J connectivity index is 1.38. The van der Waals surface area contributed by atoms with Crippen LogP contribution in [-0.4, -0.2) is 44.6 Å². The van der Waals surface area contributed by atoms with Crippen molar-refractivity contribution in [3.05, 3.63) is 54.3 Å². The zero-order valence-electron chi connectivity index (χ0n) is 17.3. The maximum atomic E-state index is 13.2. The molecule has 0 unspecified atom stereocenters. The van der Waals surface area contributed by atoms with Crippen molar-refractivity contribution in [2.75, 3.05) is 19.0 Å². The van der Waals surface area contributed by atoms with Crippen LogP contribution >= 0.6 is 11.3 Å². The molecule has 0 aliphatic rings. The van der Waals surface area contributed by atoms with E-state index in [2.05, 4.69) is 25.7 Å². The second kappa shape index (κ2) is 9.52. The van der Waals surface area contributed by atoms with Crippen LogP contribution in [0.25, 0.3) is 22.0 Å². The number of hydrogen-bond donors (Lipinski definition) is 1. The Morgan fingerprint density at radius 3 is 2.44 bits per heavy atom. The quantitative estimate of drug-likeness (QED) is 0.433. The highest BCUT2D eigenvalue weighted by Gasteiger charge is 2.16. The lowest BCUT2D eigenvalue weighted by atomic mass is 10.2. The molecule has 1 amide bonds. The molecule has 0 aliphatic heterocycles. The van der Waals surface area contributed by atoms with Gasteiger partial charge in [0, 0.05) is 17.7 Å². The number of ether oxygens (including phenoxy) is 2. The fourth-order valence-electron chi connectivity index (χ4n) is 2.90. The first-order valence-corrected chi connectivity index (χ1v) is 10.5. The third-order valence-electron chi connectivity index (χ3n) is 4.48. The van der Waals surface area contributed by atoms with E-state index in [1.807, 2.05) is 31.2 Å². The smallest absolute Gasteiger partial charge is 0.317 e. The SMILES string of the molecule is CCn1c(OCC(=O)Nc2nnc(-c3ccc(OC)cc3)s2)nnc1-c1ccc(F)cc1. The zero-order valence-corrected chi connectivity index (χ0v) is 18.1. The molecule has 0 bridgehead atoms. The average Bonchev–Trinajstić information content (AvgIpc) is 3.45. The molecule has 4 rings (SSSR count). The van der Waals surface area contributed by atoms with Crippen molar-refractivity contribution in [3.63, 3.8) is 0 Å². The van der Waals surface area contributed by atoms with Crippen LogP contribution in [0, 0.1) is 5.82 Å². The molecule has 4 aromatic rings. The van der Waals surface area contributed by atoms with Crippen LogP contribution in [0.5, 0.6) is 11.8 Å². The number of nitrogens with zero attached hydrogens (tertiary/aromatic N) is 5. The lowest BCUT2D eigenvalue weighted by Gasteiger charge is -2.08. The maximum Gasteiger partial charge on any atom is 0.317 e. The third kappa shape index (κ3) is 4.72. The van der Waals surface area contributed by atoms with Gasteiger partial charge >= 0.3 is 6.01 Å². The monoisotopic (exact) mass is 454 g/mol. The topological polar surface area (TPSA) is 104 Å². The first-order chi connectivity index (χ1) is 15.6. The molecule has 11 heteroatoms. The molecule has 2 heterocycles. The van der Waals surface area contributed by atoms with Crippen LogP contribution in [0.4, 0.5) is 9.52 Å². The van der Waals surface area contributed by atoms with Crippen LogP contribution in [0.2, 0.25) is 0 Å². The fraction of sp³-hybridized carbons (Fsp3) is 0.190. The number of halogens is 1. The van der Waals surface area contributed by atoms with E-state index in [1.54, 1.807) is 23.8 Å². The van der Waals surface area contributed by atoms with Crippen LogP contribution < -0.4 is 14.8 Å². The van der Waals surface area contributed by atoms with Crippen molar-refractivity contribution in [2.45, 2.75) is 13.5 Å². The molecule has 0 saturated carbocycles. The van der Waals surface area contributed by atoms with Crippen molar-refractivity contribution in [2.24, 2.45) is 0 Å². The summed E-state index contributed by atoms with van der Waals surface area (Å²) in [7, 11) is 1.60. The highest BCUT2D eigenvalue weighted by atomic mass is 32.1. The van der Waals surface area contributed by atoms with E-state index in [9.17, 15) is 9.18 Å². The van der Waals surface area contributed by atoms with E-state index >= 15 is 0 Å². The van der Waals surface area contributed by atoms with Crippen LogP contribution in [0.15, 0.2) is 48.5 Å². The molecular weight excluding hydrogens is 435 g/mol. The van der Waals surface area contributed by atoms with E-state index in [4.69, 9.17) is 9.47 Å². The van der Waals surface area contributed by atoms with Crippen molar-refractivity contribution in [1.29, 1.82) is 0 Å². The number of benzene rings is 2. The van der Waals surface area contributed by atoms with Crippen molar-refractivity contribution in [1.82, 2.24) is 25.0 Å². The first-order valence-electron chi connectivity index (χ1n) is 9.67. The fourth-order valence-corrected chi connectivity index (χ4v) is 3.67. The van der Waals surface area contributed by atoms with Gasteiger partial charge in [-0.3, -0.25) is 14.7 Å². The lowest BCUT2D eigenvalue weighted by Crippen LogP contribution is -2.21. The number of methoxy groups -OCH3 is 1. The second-order valence-corrected chi connectivity index (χ2v) is 7.51. The second-order valence-electron chi connectivity index (χ2n) is 6.54. The molecule has 32 heavy (non-hydrogen) atoms. The molecule has 0 fully saturated rings. The van der Waals surface area contributed by atoms with E-state index in [-0.39, 0.29) is 18.4 Å². The Morgan fingerprint density at radius 2 is 1.75 bits per heavy atom. The molecule has 0 radical (unpaired) electrons. The van der Waals surface area contributed by atoms with Gasteiger partial charge in [-0.2, -0.15) is 0 Å². The summed E-state index contributed by atoms with van der Waals surface area (Å²) in [6.07, 6.45) is 0. The Kier molecular flexibility index (Phi) is 6.36. The summed E-state index contributed by atoms with van der Waals surface area (Å²) in [4.78, 5) is 12.3. The van der Waals surface area contributed by atoms with Crippen LogP contribution in [-0.2, 0) is 11.3 Å². The predicted octanol–water partition coefficient (Wildman–Crippen LogP) is 3.65. The Labute approximate surface area is 186 Å². The van der Waals surface area contributed by atoms with E-state index < -0.39 is 5.91 Å². The average molecular weight is 454 g/mol. The van der Waals surface area contributed by atoms with Gasteiger partial charge in [0.1, 0.15) is 16.6 Å². The van der Waals surface area contributed by atoms with Crippen molar-refractivity contribution < 1.29 is 18.7 Å². The number of nitrogens with one attached hydrogen (secondary N) is 1. The summed E-state index contributed by atoms with van der Waals surface area (Å²) in [6.45, 7) is 2.13. The van der Waals surface area contributed by atoms with E-state index in [0.29, 0.717) is 28.1 Å². The summed E-state index contributed by atoms with van der Waals surface area (Å²) < 4.78 is 25.6. The molecule has 0 aliphatic carbocycles. The normalized spacial score (nSPS) is 10.7. The Hall–Kier alpha value is -3.86. The molecule has 2 aromatic carbocycles. The molecule has 164 valence electrons. The third-order valence-corrected chi connectivity index (χ3v) is 5.36. The van der Waals surface area contributed by atoms with Gasteiger partial charge in [-0.1, -0.05) is 16.4 Å². The molecule has 2 aromatic heterocycles. The highest BCUT2D eigenvalue weighted by Crippen LogP contribution is 2.28. The van der Waals surface area contributed by atoms with Gasteiger partial charge in [-0.25, -0.2) is 4.39 Å². The number of amides is 1. The van der Waals surface area contributed by atoms with Crippen LogP contribution in [0.3, 0.4) is 0 Å². The Bertz CT molecular complexity index is 1210. The first kappa shape index (κ1) is 21.4. The predicted molar refractivity (Wildman–Crippen MR) is 117 cm³/mol. The number of hydrogen-bond acceptors (Lipinski definition) is 8. The minimum atomic E-state index is -0.406. The minimum Gasteiger partial charge on any atom is -0.497 e. The molecule has 0 spiro atoms. The van der Waals surface area contributed by atoms with Gasteiger partial charge in [-0.05, 0) is 55.5 Å². The lowest BCUT2D eigenvalue weighted by molar-refractivity contribution is -0.118. The number of carbonyl (C=O) groups excluding carboxylic acids is 1. The summed E-state index contributed by atoms with van der Waals surface area (Å²) in [5.41, 5.74) is 1.56. The van der Waals surface area contributed by atoms with Gasteiger partial charge in [0.15, 0.2) is 12.4 Å². The zero-order chi connectivity index (χ0) is 22.5. The van der Waals surface area contributed by atoms with Gasteiger partial charge in [0.25, 0.3) is 5.91 Å². The number of aromatic nitrogens is 5. The number of carbonyl (C=O) groups is 1. The largest absolute Gasteiger partial charge is 0.497 e. The molecular formula is C21H19FN6O3S. The molecule has 1 N–H and O–H groups in total. The minimum absolute atomic E-state index is 0.193. The van der Waals surface area contributed by atoms with Gasteiger partial charge < -0.3 is 9.47 Å². The molecule has 0 saturated heterocycles. The van der Waals surface area contributed by atoms with Crippen LogP contribution in [0.1, 0.15) is 6.92 Å². The summed E-state index contributed by atoms with van der Waals surface area (Å²) in [5, 5.41) is 19.9.